The highest BCUT2D eigenvalue weighted by atomic mass is 16.6. The molecule has 0 spiro atoms. The molecule has 0 radical (unpaired) electrons. The number of rotatable bonds is 4. The largest absolute Gasteiger partial charge is 0.390 e. The summed E-state index contributed by atoms with van der Waals surface area (Å²) in [5.74, 6) is -0.0445. The van der Waals surface area contributed by atoms with Crippen molar-refractivity contribution in [3.63, 3.8) is 0 Å². The molecule has 116 valence electrons. The second-order valence-electron chi connectivity index (χ2n) is 5.66. The van der Waals surface area contributed by atoms with Crippen LogP contribution in [0.15, 0.2) is 41.6 Å². The van der Waals surface area contributed by atoms with Crippen LogP contribution in [0.5, 0.6) is 0 Å². The molecule has 1 aromatic rings. The van der Waals surface area contributed by atoms with Crippen LogP contribution in [0.2, 0.25) is 0 Å². The van der Waals surface area contributed by atoms with Gasteiger partial charge in [0.2, 0.25) is 5.91 Å². The van der Waals surface area contributed by atoms with E-state index in [9.17, 15) is 4.79 Å². The van der Waals surface area contributed by atoms with Crippen molar-refractivity contribution < 1.29 is 9.63 Å². The Labute approximate surface area is 130 Å². The van der Waals surface area contributed by atoms with Crippen molar-refractivity contribution in [2.24, 2.45) is 5.16 Å². The summed E-state index contributed by atoms with van der Waals surface area (Å²) < 4.78 is 0. The number of anilines is 1. The molecule has 5 heteroatoms. The third-order valence-corrected chi connectivity index (χ3v) is 3.94. The van der Waals surface area contributed by atoms with Crippen LogP contribution in [0.4, 0.5) is 5.69 Å². The molecule has 2 aliphatic rings. The maximum absolute atomic E-state index is 10.9. The predicted molar refractivity (Wildman–Crippen MR) is 87.1 cm³/mol. The van der Waals surface area contributed by atoms with Crippen LogP contribution >= 0.6 is 0 Å². The topological polar surface area (TPSA) is 53.9 Å². The Bertz CT molecular complexity index is 592. The first-order valence-corrected chi connectivity index (χ1v) is 7.70. The highest BCUT2D eigenvalue weighted by Crippen LogP contribution is 2.21. The number of nitrogens with one attached hydrogen (secondary N) is 1. The number of hydrogen-bond acceptors (Lipinski definition) is 4. The lowest BCUT2D eigenvalue weighted by molar-refractivity contribution is -0.119. The van der Waals surface area contributed by atoms with Gasteiger partial charge in [-0.15, -0.1) is 0 Å². The molecule has 22 heavy (non-hydrogen) atoms. The highest BCUT2D eigenvalue weighted by Gasteiger charge is 2.22. The first-order valence-electron chi connectivity index (χ1n) is 7.70. The van der Waals surface area contributed by atoms with E-state index in [0.717, 1.165) is 37.2 Å². The second kappa shape index (κ2) is 6.64. The number of benzene rings is 1. The molecule has 0 unspecified atom stereocenters. The summed E-state index contributed by atoms with van der Waals surface area (Å²) in [6, 6.07) is 8.46. The third kappa shape index (κ3) is 3.47. The van der Waals surface area contributed by atoms with E-state index in [4.69, 9.17) is 4.84 Å². The van der Waals surface area contributed by atoms with Gasteiger partial charge in [-0.3, -0.25) is 4.79 Å². The van der Waals surface area contributed by atoms with Crippen LogP contribution in [0, 0.1) is 0 Å². The van der Waals surface area contributed by atoms with E-state index in [0.29, 0.717) is 6.54 Å². The van der Waals surface area contributed by atoms with Crippen molar-refractivity contribution >= 4 is 17.3 Å². The maximum atomic E-state index is 10.9. The van der Waals surface area contributed by atoms with E-state index in [1.54, 1.807) is 0 Å². The van der Waals surface area contributed by atoms with Gasteiger partial charge in [-0.1, -0.05) is 29.4 Å². The zero-order chi connectivity index (χ0) is 15.4. The van der Waals surface area contributed by atoms with Gasteiger partial charge in [-0.05, 0) is 24.1 Å². The van der Waals surface area contributed by atoms with Crippen LogP contribution in [-0.2, 0) is 9.63 Å². The molecule has 0 bridgehead atoms. The fourth-order valence-corrected chi connectivity index (χ4v) is 2.71. The van der Waals surface area contributed by atoms with E-state index >= 15 is 0 Å². The van der Waals surface area contributed by atoms with Gasteiger partial charge < -0.3 is 15.1 Å². The van der Waals surface area contributed by atoms with E-state index < -0.39 is 0 Å². The van der Waals surface area contributed by atoms with E-state index in [1.165, 1.54) is 12.6 Å². The summed E-state index contributed by atoms with van der Waals surface area (Å²) in [5, 5.41) is 6.91. The fourth-order valence-electron chi connectivity index (χ4n) is 2.71. The van der Waals surface area contributed by atoms with Crippen LogP contribution in [0.25, 0.3) is 0 Å². The van der Waals surface area contributed by atoms with Crippen molar-refractivity contribution in [2.45, 2.75) is 25.9 Å². The van der Waals surface area contributed by atoms with Gasteiger partial charge in [0, 0.05) is 32.1 Å². The number of carbonyl (C=O) groups excluding carboxylic acids is 1. The molecule has 2 aliphatic heterocycles. The van der Waals surface area contributed by atoms with Gasteiger partial charge in [0.1, 0.15) is 6.10 Å². The molecule has 1 N–H and O–H groups in total. The van der Waals surface area contributed by atoms with E-state index in [-0.39, 0.29) is 12.0 Å². The lowest BCUT2D eigenvalue weighted by atomic mass is 10.0. The summed E-state index contributed by atoms with van der Waals surface area (Å²) in [7, 11) is 0. The van der Waals surface area contributed by atoms with E-state index in [1.807, 2.05) is 0 Å². The first-order chi connectivity index (χ1) is 10.7. The molecule has 0 aliphatic carbocycles. The van der Waals surface area contributed by atoms with Crippen LogP contribution < -0.4 is 10.2 Å². The normalized spacial score (nSPS) is 20.5. The van der Waals surface area contributed by atoms with Crippen LogP contribution in [0.3, 0.4) is 0 Å². The Hall–Kier alpha value is -2.30. The van der Waals surface area contributed by atoms with Crippen molar-refractivity contribution in [3.8, 4) is 0 Å². The van der Waals surface area contributed by atoms with Gasteiger partial charge in [-0.25, -0.2) is 0 Å². The van der Waals surface area contributed by atoms with Crippen molar-refractivity contribution in [2.75, 3.05) is 24.5 Å². The SMILES string of the molecule is CC(=O)NC[C@H]1CC(c2ccc(N3CC=CCC3)cc2)=NO1. The average molecular weight is 299 g/mol. The van der Waals surface area contributed by atoms with Crippen LogP contribution in [0.1, 0.15) is 25.3 Å². The van der Waals surface area contributed by atoms with Crippen LogP contribution in [-0.4, -0.2) is 37.4 Å². The molecule has 1 atom stereocenters. The number of oxime groups is 1. The summed E-state index contributed by atoms with van der Waals surface area (Å²) >= 11 is 0. The van der Waals surface area contributed by atoms with Crippen molar-refractivity contribution in [1.82, 2.24) is 5.32 Å². The Kier molecular flexibility index (Phi) is 4.42. The van der Waals surface area contributed by atoms with E-state index in [2.05, 4.69) is 51.8 Å². The number of amides is 1. The molecule has 5 nitrogen and oxygen atoms in total. The standard InChI is InChI=1S/C17H21N3O2/c1-13(21)18-12-16-11-17(19-22-16)14-5-7-15(8-6-14)20-9-3-2-4-10-20/h2-3,5-8,16H,4,9-12H2,1H3,(H,18,21)/t16-/m1/s1. The lowest BCUT2D eigenvalue weighted by Crippen LogP contribution is -2.30. The predicted octanol–water partition coefficient (Wildman–Crippen LogP) is 2.08. The first kappa shape index (κ1) is 14.6. The molecule has 3 rings (SSSR count). The third-order valence-electron chi connectivity index (χ3n) is 3.94. The maximum Gasteiger partial charge on any atom is 0.217 e. The molecular formula is C17H21N3O2. The summed E-state index contributed by atoms with van der Waals surface area (Å²) in [5.41, 5.74) is 3.27. The Morgan fingerprint density at radius 1 is 1.36 bits per heavy atom. The van der Waals surface area contributed by atoms with Crippen molar-refractivity contribution in [1.29, 1.82) is 0 Å². The minimum absolute atomic E-state index is 0.0445. The Morgan fingerprint density at radius 3 is 2.86 bits per heavy atom. The lowest BCUT2D eigenvalue weighted by Gasteiger charge is -2.25. The monoisotopic (exact) mass is 299 g/mol. The molecule has 0 fully saturated rings. The molecule has 1 aromatic carbocycles. The molecule has 0 saturated heterocycles. The number of carbonyl (C=O) groups is 1. The summed E-state index contributed by atoms with van der Waals surface area (Å²) in [4.78, 5) is 18.7. The molecule has 0 saturated carbocycles. The highest BCUT2D eigenvalue weighted by molar-refractivity contribution is 6.01. The molecular weight excluding hydrogens is 278 g/mol. The molecule has 2 heterocycles. The second-order valence-corrected chi connectivity index (χ2v) is 5.66. The smallest absolute Gasteiger partial charge is 0.217 e. The Balaban J connectivity index is 1.59. The fraction of sp³-hybridized carbons (Fsp3) is 0.412. The quantitative estimate of drug-likeness (QED) is 0.866. The van der Waals surface area contributed by atoms with Gasteiger partial charge in [0.15, 0.2) is 0 Å². The van der Waals surface area contributed by atoms with Crippen molar-refractivity contribution in [3.05, 3.63) is 42.0 Å². The van der Waals surface area contributed by atoms with Gasteiger partial charge in [0.25, 0.3) is 0 Å². The Morgan fingerprint density at radius 2 is 2.18 bits per heavy atom. The summed E-state index contributed by atoms with van der Waals surface area (Å²) in [6.07, 6.45) is 6.20. The number of nitrogens with zero attached hydrogens (tertiary/aromatic N) is 2. The number of hydrogen-bond donors (Lipinski definition) is 1. The van der Waals surface area contributed by atoms with Gasteiger partial charge >= 0.3 is 0 Å². The van der Waals surface area contributed by atoms with Gasteiger partial charge in [0.05, 0.1) is 12.3 Å². The van der Waals surface area contributed by atoms with Gasteiger partial charge in [-0.2, -0.15) is 0 Å². The summed E-state index contributed by atoms with van der Waals surface area (Å²) in [6.45, 7) is 4.05. The molecule has 1 amide bonds. The molecule has 0 aromatic heterocycles. The zero-order valence-electron chi connectivity index (χ0n) is 12.8. The zero-order valence-corrected chi connectivity index (χ0v) is 12.8. The average Bonchev–Trinajstić information content (AvgIpc) is 3.03. The minimum Gasteiger partial charge on any atom is -0.390 e. The minimum atomic E-state index is -0.0641.